The summed E-state index contributed by atoms with van der Waals surface area (Å²) in [7, 11) is 6.91. The van der Waals surface area contributed by atoms with Crippen LogP contribution in [0, 0.1) is 0 Å². The summed E-state index contributed by atoms with van der Waals surface area (Å²) in [6.07, 6.45) is 24.3. The number of hydrogen-bond acceptors (Lipinski definition) is 2. The van der Waals surface area contributed by atoms with Gasteiger partial charge in [-0.3, -0.25) is 0 Å². The summed E-state index contributed by atoms with van der Waals surface area (Å²) in [6.45, 7) is 7.12. The number of halogens is 1. The minimum atomic E-state index is -1.45. The molecule has 0 aromatic carbocycles. The molecule has 0 spiro atoms. The van der Waals surface area contributed by atoms with E-state index in [1.54, 1.807) is 14.2 Å². The van der Waals surface area contributed by atoms with Gasteiger partial charge in [0, 0.05) is 26.2 Å². The molecular weight excluding hydrogens is 466 g/mol. The Hall–Kier alpha value is 0.577. The van der Waals surface area contributed by atoms with Crippen molar-refractivity contribution in [2.75, 3.05) is 41.4 Å². The van der Waals surface area contributed by atoms with Gasteiger partial charge in [-0.25, -0.2) is 0 Å². The lowest BCUT2D eigenvalue weighted by Gasteiger charge is -2.31. The van der Waals surface area contributed by atoms with E-state index in [-0.39, 0.29) is 17.0 Å². The van der Waals surface area contributed by atoms with Crippen LogP contribution < -0.4 is 17.0 Å². The molecule has 0 saturated heterocycles. The van der Waals surface area contributed by atoms with Gasteiger partial charge in [-0.2, -0.15) is 0 Å². The Morgan fingerprint density at radius 3 is 1.32 bits per heavy atom. The van der Waals surface area contributed by atoms with Gasteiger partial charge in [0.1, 0.15) is 0 Å². The van der Waals surface area contributed by atoms with Crippen molar-refractivity contribution < 1.29 is 30.3 Å². The molecule has 0 aliphatic carbocycles. The summed E-state index contributed by atoms with van der Waals surface area (Å²) < 4.78 is 12.2. The van der Waals surface area contributed by atoms with Crippen molar-refractivity contribution in [1.29, 1.82) is 0 Å². The Labute approximate surface area is 209 Å². The molecule has 0 amide bonds. The van der Waals surface area contributed by atoms with E-state index in [0.29, 0.717) is 5.54 Å². The van der Waals surface area contributed by atoms with Crippen molar-refractivity contribution in [2.45, 2.75) is 129 Å². The Morgan fingerprint density at radius 2 is 0.968 bits per heavy atom. The summed E-state index contributed by atoms with van der Waals surface area (Å²) in [5.74, 6) is 0. The highest BCUT2D eigenvalue weighted by Gasteiger charge is 2.23. The fraction of sp³-hybridized carbons (Fsp3) is 1.00. The standard InChI is InChI=1S/C26H58NO2Si.BrH/c1-7-8-9-10-11-12-13-14-15-16-17-18-19-20-21-22-24-27(3,4)25-23-26(2)30(28-5)29-6;/h26,30H,7-25H2,1-6H3;1H/q+1;/p-1. The molecule has 0 fully saturated rings. The first-order chi connectivity index (χ1) is 14.5. The van der Waals surface area contributed by atoms with Gasteiger partial charge in [0.25, 0.3) is 0 Å². The van der Waals surface area contributed by atoms with Gasteiger partial charge in [-0.15, -0.1) is 0 Å². The zero-order chi connectivity index (χ0) is 22.5. The number of nitrogens with zero attached hydrogens (tertiary/aromatic N) is 1. The smallest absolute Gasteiger partial charge is 0.324 e. The van der Waals surface area contributed by atoms with Gasteiger partial charge >= 0.3 is 9.28 Å². The van der Waals surface area contributed by atoms with Crippen LogP contribution in [0.4, 0.5) is 0 Å². The van der Waals surface area contributed by atoms with Gasteiger partial charge in [0.2, 0.25) is 0 Å². The summed E-state index contributed by atoms with van der Waals surface area (Å²) in [6, 6.07) is 0. The van der Waals surface area contributed by atoms with Crippen molar-refractivity contribution in [3.05, 3.63) is 0 Å². The second kappa shape index (κ2) is 23.7. The lowest BCUT2D eigenvalue weighted by atomic mass is 10.0. The summed E-state index contributed by atoms with van der Waals surface area (Å²) in [4.78, 5) is 0. The third-order valence-electron chi connectivity index (χ3n) is 6.74. The van der Waals surface area contributed by atoms with Crippen LogP contribution in [0.25, 0.3) is 0 Å². The number of hydrogen-bond donors (Lipinski definition) is 0. The predicted molar refractivity (Wildman–Crippen MR) is 137 cm³/mol. The van der Waals surface area contributed by atoms with E-state index in [1.165, 1.54) is 122 Å². The monoisotopic (exact) mass is 523 g/mol. The predicted octanol–water partition coefficient (Wildman–Crippen LogP) is 4.62. The van der Waals surface area contributed by atoms with Gasteiger partial charge in [0.05, 0.1) is 27.2 Å². The van der Waals surface area contributed by atoms with Gasteiger partial charge in [-0.05, 0) is 12.8 Å². The molecule has 5 heteroatoms. The lowest BCUT2D eigenvalue weighted by Crippen LogP contribution is -3.00. The van der Waals surface area contributed by atoms with E-state index >= 15 is 0 Å². The van der Waals surface area contributed by atoms with Crippen LogP contribution in [0.2, 0.25) is 5.54 Å². The highest BCUT2D eigenvalue weighted by molar-refractivity contribution is 6.46. The molecule has 0 saturated carbocycles. The molecule has 0 aliphatic heterocycles. The third-order valence-corrected chi connectivity index (χ3v) is 8.93. The van der Waals surface area contributed by atoms with Crippen LogP contribution in [0.5, 0.6) is 0 Å². The highest BCUT2D eigenvalue weighted by atomic mass is 79.9. The zero-order valence-electron chi connectivity index (χ0n) is 22.2. The van der Waals surface area contributed by atoms with Crippen LogP contribution in [0.3, 0.4) is 0 Å². The van der Waals surface area contributed by atoms with Crippen molar-refractivity contribution in [3.8, 4) is 0 Å². The quantitative estimate of drug-likeness (QED) is 0.110. The molecule has 1 unspecified atom stereocenters. The van der Waals surface area contributed by atoms with Crippen LogP contribution in [0.15, 0.2) is 0 Å². The van der Waals surface area contributed by atoms with Gasteiger partial charge in [-0.1, -0.05) is 104 Å². The van der Waals surface area contributed by atoms with Gasteiger partial charge in [0.15, 0.2) is 0 Å². The highest BCUT2D eigenvalue weighted by Crippen LogP contribution is 2.18. The van der Waals surface area contributed by atoms with Crippen molar-refractivity contribution in [1.82, 2.24) is 0 Å². The zero-order valence-corrected chi connectivity index (χ0v) is 25.0. The van der Waals surface area contributed by atoms with Crippen LogP contribution in [0.1, 0.15) is 123 Å². The molecule has 0 aliphatic rings. The third kappa shape index (κ3) is 22.1. The Balaban J connectivity index is 0. The maximum absolute atomic E-state index is 5.53. The molecule has 0 rings (SSSR count). The Kier molecular flexibility index (Phi) is 25.8. The maximum Gasteiger partial charge on any atom is 0.324 e. The second-order valence-electron chi connectivity index (χ2n) is 10.3. The first-order valence-corrected chi connectivity index (χ1v) is 15.0. The van der Waals surface area contributed by atoms with E-state index in [4.69, 9.17) is 8.85 Å². The van der Waals surface area contributed by atoms with E-state index in [2.05, 4.69) is 27.9 Å². The average Bonchev–Trinajstić information content (AvgIpc) is 2.73. The van der Waals surface area contributed by atoms with Crippen LogP contribution >= 0.6 is 0 Å². The molecule has 31 heavy (non-hydrogen) atoms. The fourth-order valence-electron chi connectivity index (χ4n) is 4.45. The number of quaternary nitrogens is 1. The molecule has 0 bridgehead atoms. The Bertz CT molecular complexity index is 354. The molecule has 0 aromatic rings. The number of rotatable bonds is 23. The molecule has 1 atom stereocenters. The summed E-state index contributed by atoms with van der Waals surface area (Å²) >= 11 is 0. The molecule has 3 nitrogen and oxygen atoms in total. The van der Waals surface area contributed by atoms with Gasteiger partial charge < -0.3 is 30.3 Å². The lowest BCUT2D eigenvalue weighted by molar-refractivity contribution is -0.890. The molecule has 190 valence electrons. The van der Waals surface area contributed by atoms with Crippen molar-refractivity contribution in [2.24, 2.45) is 0 Å². The summed E-state index contributed by atoms with van der Waals surface area (Å²) in [5.41, 5.74) is 0.586. The van der Waals surface area contributed by atoms with E-state index < -0.39 is 9.28 Å². The normalized spacial score (nSPS) is 12.9. The van der Waals surface area contributed by atoms with Crippen LogP contribution in [-0.2, 0) is 8.85 Å². The summed E-state index contributed by atoms with van der Waals surface area (Å²) in [5, 5.41) is 0. The van der Waals surface area contributed by atoms with E-state index in [9.17, 15) is 0 Å². The first-order valence-electron chi connectivity index (χ1n) is 13.3. The average molecular weight is 525 g/mol. The number of unbranched alkanes of at least 4 members (excludes halogenated alkanes) is 15. The fourth-order valence-corrected chi connectivity index (χ4v) is 5.99. The van der Waals surface area contributed by atoms with E-state index in [0.717, 1.165) is 4.48 Å². The minimum absolute atomic E-state index is 0. The maximum atomic E-state index is 5.53. The van der Waals surface area contributed by atoms with Crippen molar-refractivity contribution in [3.63, 3.8) is 0 Å². The molecular formula is C26H58BrNO2Si. The molecule has 0 heterocycles. The Morgan fingerprint density at radius 1 is 0.613 bits per heavy atom. The molecule has 0 N–H and O–H groups in total. The second-order valence-corrected chi connectivity index (χ2v) is 13.1. The largest absolute Gasteiger partial charge is 1.00 e. The first kappa shape index (κ1) is 33.7. The molecule has 0 radical (unpaired) electrons. The molecule has 0 aromatic heterocycles. The van der Waals surface area contributed by atoms with Crippen molar-refractivity contribution >= 4 is 9.28 Å². The minimum Gasteiger partial charge on any atom is -1.00 e. The van der Waals surface area contributed by atoms with Crippen LogP contribution in [-0.4, -0.2) is 55.2 Å². The SMILES string of the molecule is CCCCCCCCCCCCCCCCCC[N+](C)(C)CCC(C)[SiH](OC)OC.[Br-]. The topological polar surface area (TPSA) is 18.5 Å². The van der Waals surface area contributed by atoms with E-state index in [1.807, 2.05) is 0 Å².